The minimum atomic E-state index is -0.812. The number of carbonyl (C=O) groups excluding carboxylic acids is 2. The molecule has 1 atom stereocenters. The van der Waals surface area contributed by atoms with Gasteiger partial charge < -0.3 is 14.8 Å². The van der Waals surface area contributed by atoms with Crippen LogP contribution in [0.2, 0.25) is 0 Å². The van der Waals surface area contributed by atoms with Crippen molar-refractivity contribution in [3.63, 3.8) is 0 Å². The van der Waals surface area contributed by atoms with Crippen molar-refractivity contribution in [1.82, 2.24) is 5.32 Å². The van der Waals surface area contributed by atoms with Crippen molar-refractivity contribution in [2.24, 2.45) is 0 Å². The molecule has 5 nitrogen and oxygen atoms in total. The molecule has 0 spiro atoms. The smallest absolute Gasteiger partial charge is 0.408 e. The number of alkyl carbamates (subject to hydrolysis) is 1. The van der Waals surface area contributed by atoms with Crippen LogP contribution in [0.15, 0.2) is 42.5 Å². The van der Waals surface area contributed by atoms with E-state index in [1.54, 1.807) is 34.6 Å². The first-order valence-electron chi connectivity index (χ1n) is 8.82. The number of rotatable bonds is 5. The van der Waals surface area contributed by atoms with E-state index in [-0.39, 0.29) is 6.10 Å². The van der Waals surface area contributed by atoms with Gasteiger partial charge in [-0.1, -0.05) is 42.5 Å². The van der Waals surface area contributed by atoms with Crippen molar-refractivity contribution in [2.75, 3.05) is 0 Å². The summed E-state index contributed by atoms with van der Waals surface area (Å²) in [4.78, 5) is 24.6. The van der Waals surface area contributed by atoms with Gasteiger partial charge in [0.25, 0.3) is 0 Å². The molecule has 26 heavy (non-hydrogen) atoms. The highest BCUT2D eigenvalue weighted by molar-refractivity contribution is 5.84. The summed E-state index contributed by atoms with van der Waals surface area (Å²) < 4.78 is 10.6. The molecule has 0 radical (unpaired) electrons. The van der Waals surface area contributed by atoms with E-state index in [0.717, 1.165) is 16.3 Å². The van der Waals surface area contributed by atoms with Crippen LogP contribution in [0.25, 0.3) is 10.8 Å². The van der Waals surface area contributed by atoms with Crippen molar-refractivity contribution in [3.05, 3.63) is 48.0 Å². The summed E-state index contributed by atoms with van der Waals surface area (Å²) in [5.74, 6) is -0.473. The largest absolute Gasteiger partial charge is 0.461 e. The third-order valence-corrected chi connectivity index (χ3v) is 3.58. The molecule has 0 heterocycles. The molecule has 140 valence electrons. The first kappa shape index (κ1) is 19.8. The van der Waals surface area contributed by atoms with Gasteiger partial charge >= 0.3 is 12.1 Å². The van der Waals surface area contributed by atoms with E-state index < -0.39 is 23.7 Å². The van der Waals surface area contributed by atoms with Gasteiger partial charge in [0.1, 0.15) is 11.6 Å². The molecule has 1 N–H and O–H groups in total. The van der Waals surface area contributed by atoms with E-state index in [1.165, 1.54) is 0 Å². The third-order valence-electron chi connectivity index (χ3n) is 3.58. The van der Waals surface area contributed by atoms with Gasteiger partial charge in [0.2, 0.25) is 0 Å². The van der Waals surface area contributed by atoms with E-state index in [1.807, 2.05) is 42.5 Å². The summed E-state index contributed by atoms with van der Waals surface area (Å²) in [5, 5.41) is 4.84. The van der Waals surface area contributed by atoms with E-state index >= 15 is 0 Å². The van der Waals surface area contributed by atoms with Gasteiger partial charge in [0, 0.05) is 6.42 Å². The molecular formula is C21H27NO4. The predicted molar refractivity (Wildman–Crippen MR) is 102 cm³/mol. The van der Waals surface area contributed by atoms with Gasteiger partial charge in [0.15, 0.2) is 0 Å². The van der Waals surface area contributed by atoms with Gasteiger partial charge in [0.05, 0.1) is 6.10 Å². The monoisotopic (exact) mass is 357 g/mol. The highest BCUT2D eigenvalue weighted by atomic mass is 16.6. The number of nitrogens with one attached hydrogen (secondary N) is 1. The molecule has 0 saturated heterocycles. The zero-order valence-electron chi connectivity index (χ0n) is 16.0. The fourth-order valence-electron chi connectivity index (χ4n) is 2.56. The second-order valence-corrected chi connectivity index (χ2v) is 7.57. The number of hydrogen-bond acceptors (Lipinski definition) is 4. The molecule has 0 bridgehead atoms. The second-order valence-electron chi connectivity index (χ2n) is 7.57. The third kappa shape index (κ3) is 6.06. The zero-order chi connectivity index (χ0) is 19.3. The maximum atomic E-state index is 12.4. The summed E-state index contributed by atoms with van der Waals surface area (Å²) in [6.07, 6.45) is -0.568. The van der Waals surface area contributed by atoms with Gasteiger partial charge in [-0.3, -0.25) is 0 Å². The standard InChI is InChI=1S/C21H27NO4/c1-14(2)25-19(23)18(22-20(24)26-21(3,4)5)13-15-10-11-16-8-6-7-9-17(16)12-15/h6-12,14,18H,13H2,1-5H3,(H,22,24). The lowest BCUT2D eigenvalue weighted by Crippen LogP contribution is -2.46. The van der Waals surface area contributed by atoms with E-state index in [4.69, 9.17) is 9.47 Å². The van der Waals surface area contributed by atoms with Crippen molar-refractivity contribution in [1.29, 1.82) is 0 Å². The zero-order valence-corrected chi connectivity index (χ0v) is 16.0. The van der Waals surface area contributed by atoms with Crippen LogP contribution >= 0.6 is 0 Å². The molecule has 1 amide bonds. The molecule has 0 aliphatic heterocycles. The lowest BCUT2D eigenvalue weighted by Gasteiger charge is -2.23. The number of esters is 1. The molecule has 5 heteroatoms. The average Bonchev–Trinajstić information content (AvgIpc) is 2.51. The summed E-state index contributed by atoms with van der Waals surface area (Å²) in [7, 11) is 0. The van der Waals surface area contributed by atoms with Gasteiger partial charge in [-0.2, -0.15) is 0 Å². The van der Waals surface area contributed by atoms with Crippen LogP contribution in [-0.2, 0) is 20.7 Å². The van der Waals surface area contributed by atoms with E-state index in [9.17, 15) is 9.59 Å². The Kier molecular flexibility index (Phi) is 6.24. The Balaban J connectivity index is 2.18. The molecular weight excluding hydrogens is 330 g/mol. The predicted octanol–water partition coefficient (Wildman–Crippen LogP) is 4.23. The number of carbonyl (C=O) groups is 2. The maximum Gasteiger partial charge on any atom is 0.408 e. The lowest BCUT2D eigenvalue weighted by molar-refractivity contribution is -0.149. The molecule has 2 aromatic carbocycles. The molecule has 2 aromatic rings. The highest BCUT2D eigenvalue weighted by Crippen LogP contribution is 2.17. The molecule has 2 rings (SSSR count). The van der Waals surface area contributed by atoms with Crippen LogP contribution in [-0.4, -0.2) is 29.8 Å². The number of hydrogen-bond donors (Lipinski definition) is 1. The Hall–Kier alpha value is -2.56. The minimum Gasteiger partial charge on any atom is -0.461 e. The van der Waals surface area contributed by atoms with E-state index in [2.05, 4.69) is 5.32 Å². The second kappa shape index (κ2) is 8.21. The summed E-state index contributed by atoms with van der Waals surface area (Å²) >= 11 is 0. The van der Waals surface area contributed by atoms with Gasteiger partial charge in [-0.05, 0) is 51.0 Å². The summed E-state index contributed by atoms with van der Waals surface area (Å²) in [6, 6.07) is 13.2. The van der Waals surface area contributed by atoms with Crippen molar-refractivity contribution < 1.29 is 19.1 Å². The SMILES string of the molecule is CC(C)OC(=O)C(Cc1ccc2ccccc2c1)NC(=O)OC(C)(C)C. The van der Waals surface area contributed by atoms with Gasteiger partial charge in [-0.25, -0.2) is 9.59 Å². The molecule has 0 saturated carbocycles. The molecule has 0 aliphatic carbocycles. The van der Waals surface area contributed by atoms with Crippen LogP contribution in [0.3, 0.4) is 0 Å². The van der Waals surface area contributed by atoms with Crippen LogP contribution < -0.4 is 5.32 Å². The fourth-order valence-corrected chi connectivity index (χ4v) is 2.56. The Labute approximate surface area is 154 Å². The lowest BCUT2D eigenvalue weighted by atomic mass is 10.0. The van der Waals surface area contributed by atoms with Gasteiger partial charge in [-0.15, -0.1) is 0 Å². The molecule has 0 aliphatic rings. The van der Waals surface area contributed by atoms with Crippen molar-refractivity contribution in [2.45, 2.75) is 58.8 Å². The highest BCUT2D eigenvalue weighted by Gasteiger charge is 2.26. The minimum absolute atomic E-state index is 0.262. The Morgan fingerprint density at radius 2 is 1.69 bits per heavy atom. The van der Waals surface area contributed by atoms with Crippen molar-refractivity contribution in [3.8, 4) is 0 Å². The molecule has 1 unspecified atom stereocenters. The van der Waals surface area contributed by atoms with Crippen LogP contribution in [0.5, 0.6) is 0 Å². The number of amides is 1. The number of benzene rings is 2. The van der Waals surface area contributed by atoms with Crippen molar-refractivity contribution >= 4 is 22.8 Å². The Bertz CT molecular complexity index is 777. The average molecular weight is 357 g/mol. The van der Waals surface area contributed by atoms with E-state index in [0.29, 0.717) is 6.42 Å². The normalized spacial score (nSPS) is 12.7. The Morgan fingerprint density at radius 3 is 2.31 bits per heavy atom. The number of fused-ring (bicyclic) bond motifs is 1. The Morgan fingerprint density at radius 1 is 1.04 bits per heavy atom. The quantitative estimate of drug-likeness (QED) is 0.814. The first-order valence-corrected chi connectivity index (χ1v) is 8.82. The molecule has 0 fully saturated rings. The van der Waals surface area contributed by atoms with Crippen LogP contribution in [0, 0.1) is 0 Å². The molecule has 0 aromatic heterocycles. The summed E-state index contributed by atoms with van der Waals surface area (Å²) in [5.41, 5.74) is 0.296. The topological polar surface area (TPSA) is 64.6 Å². The van der Waals surface area contributed by atoms with Crippen LogP contribution in [0.4, 0.5) is 4.79 Å². The first-order chi connectivity index (χ1) is 12.1. The number of ether oxygens (including phenoxy) is 2. The maximum absolute atomic E-state index is 12.4. The summed E-state index contributed by atoms with van der Waals surface area (Å²) in [6.45, 7) is 8.88. The fraction of sp³-hybridized carbons (Fsp3) is 0.429. The van der Waals surface area contributed by atoms with Crippen LogP contribution in [0.1, 0.15) is 40.2 Å².